The molecule has 0 aromatic heterocycles. The van der Waals surface area contributed by atoms with Crippen LogP contribution in [0.3, 0.4) is 0 Å². The van der Waals surface area contributed by atoms with Crippen LogP contribution in [0.2, 0.25) is 0 Å². The molecule has 1 amide bonds. The zero-order chi connectivity index (χ0) is 17.7. The lowest BCUT2D eigenvalue weighted by Gasteiger charge is -2.12. The molecule has 0 aliphatic heterocycles. The van der Waals surface area contributed by atoms with E-state index in [0.717, 1.165) is 4.90 Å². The second kappa shape index (κ2) is 7.83. The lowest BCUT2D eigenvalue weighted by Crippen LogP contribution is -2.22. The summed E-state index contributed by atoms with van der Waals surface area (Å²) in [6, 6.07) is 14.1. The van der Waals surface area contributed by atoms with Gasteiger partial charge < -0.3 is 5.32 Å². The van der Waals surface area contributed by atoms with E-state index in [-0.39, 0.29) is 16.1 Å². The average molecular weight is 364 g/mol. The first-order chi connectivity index (χ1) is 11.3. The molecule has 0 unspecified atom stereocenters. The minimum Gasteiger partial charge on any atom is -0.325 e. The number of carbonyl (C=O) groups is 1. The molecule has 24 heavy (non-hydrogen) atoms. The molecule has 2 N–H and O–H groups in total. The molecule has 0 bridgehead atoms. The lowest BCUT2D eigenvalue weighted by molar-refractivity contribution is -0.115. The molecule has 0 spiro atoms. The van der Waals surface area contributed by atoms with E-state index in [2.05, 4.69) is 10.0 Å². The van der Waals surface area contributed by atoms with E-state index in [1.807, 2.05) is 38.1 Å². The number of anilines is 1. The van der Waals surface area contributed by atoms with Gasteiger partial charge in [0.25, 0.3) is 0 Å². The van der Waals surface area contributed by atoms with Crippen LogP contribution in [-0.4, -0.2) is 26.6 Å². The summed E-state index contributed by atoms with van der Waals surface area (Å²) in [5, 5.41) is 2.53. The zero-order valence-corrected chi connectivity index (χ0v) is 15.4. The van der Waals surface area contributed by atoms with Gasteiger partial charge in [0.1, 0.15) is 0 Å². The number of sulfonamides is 1. The first-order valence-electron chi connectivity index (χ1n) is 7.39. The standard InChI is InChI=1S/C17H20N2O3S2/c1-12-4-8-15(9-5-12)23-13(2)17(20)19-14-6-10-16(11-7-14)24(21,22)18-3/h4-11,13,18H,1-3H3,(H,19,20)/t13-/m1/s1. The van der Waals surface area contributed by atoms with Gasteiger partial charge in [-0.2, -0.15) is 0 Å². The summed E-state index contributed by atoms with van der Waals surface area (Å²) in [7, 11) is -2.11. The van der Waals surface area contributed by atoms with Crippen LogP contribution in [0, 0.1) is 6.92 Å². The Morgan fingerprint density at radius 1 is 1.04 bits per heavy atom. The highest BCUT2D eigenvalue weighted by Crippen LogP contribution is 2.24. The molecule has 0 saturated carbocycles. The molecule has 7 heteroatoms. The van der Waals surface area contributed by atoms with Crippen LogP contribution in [-0.2, 0) is 14.8 Å². The third-order valence-corrected chi connectivity index (χ3v) is 5.95. The van der Waals surface area contributed by atoms with E-state index in [9.17, 15) is 13.2 Å². The van der Waals surface area contributed by atoms with Crippen LogP contribution in [0.1, 0.15) is 12.5 Å². The second-order valence-electron chi connectivity index (χ2n) is 5.29. The molecule has 1 atom stereocenters. The van der Waals surface area contributed by atoms with E-state index >= 15 is 0 Å². The Hall–Kier alpha value is -1.83. The molecule has 5 nitrogen and oxygen atoms in total. The zero-order valence-electron chi connectivity index (χ0n) is 13.7. The summed E-state index contributed by atoms with van der Waals surface area (Å²) in [6.07, 6.45) is 0. The minimum atomic E-state index is -3.47. The fraction of sp³-hybridized carbons (Fsp3) is 0.235. The van der Waals surface area contributed by atoms with Gasteiger partial charge in [-0.15, -0.1) is 11.8 Å². The van der Waals surface area contributed by atoms with Crippen LogP contribution in [0.25, 0.3) is 0 Å². The maximum atomic E-state index is 12.3. The number of hydrogen-bond acceptors (Lipinski definition) is 4. The van der Waals surface area contributed by atoms with Crippen molar-refractivity contribution in [2.45, 2.75) is 28.9 Å². The Kier molecular flexibility index (Phi) is 6.04. The summed E-state index contributed by atoms with van der Waals surface area (Å²) in [6.45, 7) is 3.85. The number of benzene rings is 2. The van der Waals surface area contributed by atoms with Crippen molar-refractivity contribution in [1.29, 1.82) is 0 Å². The van der Waals surface area contributed by atoms with Crippen LogP contribution < -0.4 is 10.0 Å². The lowest BCUT2D eigenvalue weighted by atomic mass is 10.2. The number of nitrogens with one attached hydrogen (secondary N) is 2. The highest BCUT2D eigenvalue weighted by atomic mass is 32.2. The summed E-state index contributed by atoms with van der Waals surface area (Å²) in [4.78, 5) is 13.4. The summed E-state index contributed by atoms with van der Waals surface area (Å²) >= 11 is 1.47. The van der Waals surface area contributed by atoms with E-state index in [0.29, 0.717) is 5.69 Å². The van der Waals surface area contributed by atoms with Crippen molar-refractivity contribution in [3.05, 3.63) is 54.1 Å². The smallest absolute Gasteiger partial charge is 0.240 e. The molecule has 0 saturated heterocycles. The van der Waals surface area contributed by atoms with Crippen molar-refractivity contribution in [2.24, 2.45) is 0 Å². The van der Waals surface area contributed by atoms with Crippen molar-refractivity contribution in [3.63, 3.8) is 0 Å². The minimum absolute atomic E-state index is 0.134. The van der Waals surface area contributed by atoms with Gasteiger partial charge in [-0.25, -0.2) is 13.1 Å². The molecule has 2 rings (SSSR count). The van der Waals surface area contributed by atoms with Crippen LogP contribution in [0.5, 0.6) is 0 Å². The molecule has 0 heterocycles. The molecule has 2 aromatic carbocycles. The van der Waals surface area contributed by atoms with Crippen molar-refractivity contribution in [1.82, 2.24) is 4.72 Å². The van der Waals surface area contributed by atoms with Gasteiger partial charge in [0.15, 0.2) is 0 Å². The van der Waals surface area contributed by atoms with E-state index in [4.69, 9.17) is 0 Å². The number of aryl methyl sites for hydroxylation is 1. The molecular formula is C17H20N2O3S2. The van der Waals surface area contributed by atoms with Gasteiger partial charge in [0.05, 0.1) is 10.1 Å². The summed E-state index contributed by atoms with van der Waals surface area (Å²) in [5.74, 6) is -0.134. The van der Waals surface area contributed by atoms with Crippen molar-refractivity contribution >= 4 is 33.4 Å². The first-order valence-corrected chi connectivity index (χ1v) is 9.76. The Balaban J connectivity index is 1.99. The molecule has 0 aliphatic carbocycles. The SMILES string of the molecule is CNS(=O)(=O)c1ccc(NC(=O)[C@@H](C)Sc2ccc(C)cc2)cc1. The van der Waals surface area contributed by atoms with Gasteiger partial charge in [-0.1, -0.05) is 17.7 Å². The van der Waals surface area contributed by atoms with Crippen molar-refractivity contribution in [3.8, 4) is 0 Å². The number of thioether (sulfide) groups is 1. The van der Waals surface area contributed by atoms with Gasteiger partial charge >= 0.3 is 0 Å². The Morgan fingerprint density at radius 2 is 1.62 bits per heavy atom. The van der Waals surface area contributed by atoms with Gasteiger partial charge in [0, 0.05) is 10.6 Å². The van der Waals surface area contributed by atoms with E-state index in [1.165, 1.54) is 36.5 Å². The van der Waals surface area contributed by atoms with Crippen LogP contribution >= 0.6 is 11.8 Å². The third-order valence-electron chi connectivity index (χ3n) is 3.40. The highest BCUT2D eigenvalue weighted by molar-refractivity contribution is 8.00. The molecule has 2 aromatic rings. The van der Waals surface area contributed by atoms with Crippen LogP contribution in [0.15, 0.2) is 58.3 Å². The number of rotatable bonds is 6. The number of amides is 1. The highest BCUT2D eigenvalue weighted by Gasteiger charge is 2.15. The quantitative estimate of drug-likeness (QED) is 0.773. The second-order valence-corrected chi connectivity index (χ2v) is 8.60. The summed E-state index contributed by atoms with van der Waals surface area (Å²) < 4.78 is 25.6. The van der Waals surface area contributed by atoms with Crippen LogP contribution in [0.4, 0.5) is 5.69 Å². The number of hydrogen-bond donors (Lipinski definition) is 2. The predicted molar refractivity (Wildman–Crippen MR) is 97.8 cm³/mol. The van der Waals surface area contributed by atoms with Crippen molar-refractivity contribution in [2.75, 3.05) is 12.4 Å². The molecule has 0 radical (unpaired) electrons. The van der Waals surface area contributed by atoms with E-state index < -0.39 is 10.0 Å². The maximum absolute atomic E-state index is 12.3. The Labute approximate surface area is 146 Å². The normalized spacial score (nSPS) is 12.6. The Morgan fingerprint density at radius 3 is 2.17 bits per heavy atom. The van der Waals surface area contributed by atoms with Gasteiger partial charge in [-0.05, 0) is 57.3 Å². The topological polar surface area (TPSA) is 75.3 Å². The molecule has 128 valence electrons. The first kappa shape index (κ1) is 18.5. The largest absolute Gasteiger partial charge is 0.325 e. The monoisotopic (exact) mass is 364 g/mol. The Bertz CT molecular complexity index is 801. The molecule has 0 fully saturated rings. The van der Waals surface area contributed by atoms with E-state index in [1.54, 1.807) is 12.1 Å². The predicted octanol–water partition coefficient (Wildman–Crippen LogP) is 3.02. The maximum Gasteiger partial charge on any atom is 0.240 e. The fourth-order valence-electron chi connectivity index (χ4n) is 1.95. The van der Waals surface area contributed by atoms with Gasteiger partial charge in [0.2, 0.25) is 15.9 Å². The van der Waals surface area contributed by atoms with Gasteiger partial charge in [-0.3, -0.25) is 4.79 Å². The third kappa shape index (κ3) is 4.83. The number of carbonyl (C=O) groups excluding carboxylic acids is 1. The van der Waals surface area contributed by atoms with Crippen molar-refractivity contribution < 1.29 is 13.2 Å². The molecule has 0 aliphatic rings. The average Bonchev–Trinajstić information content (AvgIpc) is 2.57. The molecular weight excluding hydrogens is 344 g/mol. The fourth-order valence-corrected chi connectivity index (χ4v) is 3.55. The summed E-state index contributed by atoms with van der Waals surface area (Å²) in [5.41, 5.74) is 1.74.